The molecule has 1 nitrogen and oxygen atoms in total. The van der Waals surface area contributed by atoms with E-state index in [-0.39, 0.29) is 11.8 Å². The van der Waals surface area contributed by atoms with Gasteiger partial charge in [-0.2, -0.15) is 0 Å². The summed E-state index contributed by atoms with van der Waals surface area (Å²) in [5.74, 6) is 1.75. The molecule has 0 fully saturated rings. The van der Waals surface area contributed by atoms with Crippen molar-refractivity contribution in [1.82, 2.24) is 0 Å². The summed E-state index contributed by atoms with van der Waals surface area (Å²) in [5.41, 5.74) is 2.68. The van der Waals surface area contributed by atoms with Crippen LogP contribution >= 0.6 is 0 Å². The fraction of sp³-hybridized carbons (Fsp3) is 0.731. The van der Waals surface area contributed by atoms with Crippen molar-refractivity contribution in [3.05, 3.63) is 35.4 Å². The molecule has 0 aliphatic carbocycles. The number of rotatable bonds is 7. The molecule has 1 unspecified atom stereocenters. The van der Waals surface area contributed by atoms with E-state index in [0.29, 0.717) is 5.78 Å². The highest BCUT2D eigenvalue weighted by atomic mass is 16.1. The van der Waals surface area contributed by atoms with Gasteiger partial charge in [-0.3, -0.25) is 4.79 Å². The van der Waals surface area contributed by atoms with Gasteiger partial charge in [-0.1, -0.05) is 123 Å². The molecular weight excluding hydrogens is 328 g/mol. The number of hydrogen-bond donors (Lipinski definition) is 0. The summed E-state index contributed by atoms with van der Waals surface area (Å²) >= 11 is 0. The van der Waals surface area contributed by atoms with E-state index in [0.717, 1.165) is 12.3 Å². The maximum atomic E-state index is 11.1. The van der Waals surface area contributed by atoms with Crippen LogP contribution in [0.25, 0.3) is 0 Å². The normalized spacial score (nSPS) is 10.7. The molecule has 0 aliphatic heterocycles. The molecule has 0 spiro atoms. The van der Waals surface area contributed by atoms with E-state index in [2.05, 4.69) is 58.9 Å². The van der Waals surface area contributed by atoms with Gasteiger partial charge < -0.3 is 0 Å². The van der Waals surface area contributed by atoms with E-state index in [1.165, 1.54) is 36.8 Å². The molecule has 0 radical (unpaired) electrons. The number of hydrogen-bond acceptors (Lipinski definition) is 1. The van der Waals surface area contributed by atoms with Crippen molar-refractivity contribution in [3.63, 3.8) is 0 Å². The van der Waals surface area contributed by atoms with Gasteiger partial charge in [0.15, 0.2) is 0 Å². The first-order valence-corrected chi connectivity index (χ1v) is 11.2. The van der Waals surface area contributed by atoms with Crippen molar-refractivity contribution in [1.29, 1.82) is 0 Å². The maximum absolute atomic E-state index is 11.1. The highest BCUT2D eigenvalue weighted by molar-refractivity contribution is 5.82. The van der Waals surface area contributed by atoms with Crippen LogP contribution in [0.4, 0.5) is 0 Å². The first kappa shape index (κ1) is 30.6. The summed E-state index contributed by atoms with van der Waals surface area (Å²) in [7, 11) is 0. The Morgan fingerprint density at radius 1 is 0.889 bits per heavy atom. The summed E-state index contributed by atoms with van der Waals surface area (Å²) in [6.45, 7) is 23.0. The summed E-state index contributed by atoms with van der Waals surface area (Å²) in [6.07, 6.45) is 6.57. The SMILES string of the molecule is CC.CCC(C)C(=O)C(C)C.CCCCCC(C)C.Cc1cccc(C)c1. The number of aryl methyl sites for hydroxylation is 2. The zero-order valence-electron chi connectivity index (χ0n) is 20.5. The van der Waals surface area contributed by atoms with Gasteiger partial charge in [0, 0.05) is 11.8 Å². The molecule has 0 N–H and O–H groups in total. The molecule has 1 atom stereocenters. The van der Waals surface area contributed by atoms with E-state index in [4.69, 9.17) is 0 Å². The smallest absolute Gasteiger partial charge is 0.138 e. The fourth-order valence-electron chi connectivity index (χ4n) is 2.38. The number of benzene rings is 1. The molecule has 160 valence electrons. The molecule has 27 heavy (non-hydrogen) atoms. The Hall–Kier alpha value is -1.11. The Kier molecular flexibility index (Phi) is 24.0. The lowest BCUT2D eigenvalue weighted by atomic mass is 9.95. The Morgan fingerprint density at radius 3 is 1.59 bits per heavy atom. The summed E-state index contributed by atoms with van der Waals surface area (Å²) in [6, 6.07) is 8.45. The summed E-state index contributed by atoms with van der Waals surface area (Å²) in [5, 5.41) is 0. The lowest BCUT2D eigenvalue weighted by molar-refractivity contribution is -0.125. The molecule has 1 rings (SSSR count). The van der Waals surface area contributed by atoms with Gasteiger partial charge in [-0.05, 0) is 26.2 Å². The van der Waals surface area contributed by atoms with Crippen LogP contribution in [0.1, 0.15) is 106 Å². The minimum atomic E-state index is 0.208. The van der Waals surface area contributed by atoms with E-state index in [9.17, 15) is 4.79 Å². The molecule has 0 aromatic heterocycles. The maximum Gasteiger partial charge on any atom is 0.138 e. The third-order valence-electron chi connectivity index (χ3n) is 4.23. The van der Waals surface area contributed by atoms with E-state index in [1.807, 2.05) is 41.5 Å². The van der Waals surface area contributed by atoms with Crippen molar-refractivity contribution in [2.24, 2.45) is 17.8 Å². The quantitative estimate of drug-likeness (QED) is 0.433. The van der Waals surface area contributed by atoms with Gasteiger partial charge in [0.05, 0.1) is 0 Å². The van der Waals surface area contributed by atoms with Crippen LogP contribution < -0.4 is 0 Å². The summed E-state index contributed by atoms with van der Waals surface area (Å²) in [4.78, 5) is 11.1. The molecule has 0 saturated carbocycles. The van der Waals surface area contributed by atoms with Gasteiger partial charge >= 0.3 is 0 Å². The number of carbonyl (C=O) groups excluding carboxylic acids is 1. The average Bonchev–Trinajstić information content (AvgIpc) is 2.63. The van der Waals surface area contributed by atoms with Crippen LogP contribution in [-0.2, 0) is 4.79 Å². The largest absolute Gasteiger partial charge is 0.299 e. The van der Waals surface area contributed by atoms with Crippen LogP contribution in [0.2, 0.25) is 0 Å². The second-order valence-corrected chi connectivity index (χ2v) is 7.91. The van der Waals surface area contributed by atoms with Gasteiger partial charge in [0.25, 0.3) is 0 Å². The predicted molar refractivity (Wildman–Crippen MR) is 126 cm³/mol. The van der Waals surface area contributed by atoms with Crippen LogP contribution in [0, 0.1) is 31.6 Å². The minimum absolute atomic E-state index is 0.208. The van der Waals surface area contributed by atoms with Crippen LogP contribution in [0.3, 0.4) is 0 Å². The Labute approximate surface area is 172 Å². The molecule has 0 heterocycles. The summed E-state index contributed by atoms with van der Waals surface area (Å²) < 4.78 is 0. The first-order valence-electron chi connectivity index (χ1n) is 11.2. The first-order chi connectivity index (χ1) is 12.6. The second kappa shape index (κ2) is 21.2. The zero-order chi connectivity index (χ0) is 21.8. The van der Waals surface area contributed by atoms with E-state index < -0.39 is 0 Å². The van der Waals surface area contributed by atoms with Crippen LogP contribution in [0.5, 0.6) is 0 Å². The lowest BCUT2D eigenvalue weighted by Crippen LogP contribution is -2.15. The molecule has 0 bridgehead atoms. The van der Waals surface area contributed by atoms with Crippen molar-refractivity contribution in [3.8, 4) is 0 Å². The highest BCUT2D eigenvalue weighted by Gasteiger charge is 2.13. The molecule has 0 saturated heterocycles. The number of carbonyl (C=O) groups is 1. The minimum Gasteiger partial charge on any atom is -0.299 e. The van der Waals surface area contributed by atoms with Gasteiger partial charge in [-0.15, -0.1) is 0 Å². The Balaban J connectivity index is -0.000000306. The predicted octanol–water partition coefficient (Wildman–Crippen LogP) is 8.81. The van der Waals surface area contributed by atoms with Crippen LogP contribution in [-0.4, -0.2) is 5.78 Å². The van der Waals surface area contributed by atoms with Gasteiger partial charge in [-0.25, -0.2) is 0 Å². The van der Waals surface area contributed by atoms with Gasteiger partial charge in [0.1, 0.15) is 5.78 Å². The van der Waals surface area contributed by atoms with Crippen molar-refractivity contribution in [2.75, 3.05) is 0 Å². The average molecular weight is 379 g/mol. The molecule has 0 amide bonds. The van der Waals surface area contributed by atoms with E-state index >= 15 is 0 Å². The fourth-order valence-corrected chi connectivity index (χ4v) is 2.38. The number of ketones is 1. The Morgan fingerprint density at radius 2 is 1.37 bits per heavy atom. The molecule has 0 aliphatic rings. The van der Waals surface area contributed by atoms with Crippen molar-refractivity contribution in [2.45, 2.75) is 108 Å². The van der Waals surface area contributed by atoms with Crippen LogP contribution in [0.15, 0.2) is 24.3 Å². The van der Waals surface area contributed by atoms with Crippen molar-refractivity contribution >= 4 is 5.78 Å². The third kappa shape index (κ3) is 22.8. The monoisotopic (exact) mass is 378 g/mol. The molecule has 1 aromatic carbocycles. The topological polar surface area (TPSA) is 17.1 Å². The molecule has 1 heteroatoms. The standard InChI is InChI=1S/C8H16O.C8H10.C8H18.C2H6/c1-5-7(4)8(9)6(2)3;1-7-4-3-5-8(2)6-7;1-4-5-6-7-8(2)3;1-2/h6-7H,5H2,1-4H3;3-6H,1-2H3;8H,4-7H2,1-3H3;1-2H3. The third-order valence-corrected chi connectivity index (χ3v) is 4.23. The Bertz CT molecular complexity index is 414. The highest BCUT2D eigenvalue weighted by Crippen LogP contribution is 2.09. The second-order valence-electron chi connectivity index (χ2n) is 7.91. The molecule has 1 aromatic rings. The van der Waals surface area contributed by atoms with Gasteiger partial charge in [0.2, 0.25) is 0 Å². The number of unbranched alkanes of at least 4 members (excludes halogenated alkanes) is 2. The van der Waals surface area contributed by atoms with Crippen molar-refractivity contribution < 1.29 is 4.79 Å². The lowest BCUT2D eigenvalue weighted by Gasteiger charge is -2.08. The van der Waals surface area contributed by atoms with E-state index in [1.54, 1.807) is 0 Å². The molecular formula is C26H50O. The zero-order valence-corrected chi connectivity index (χ0v) is 20.5. The number of Topliss-reactive ketones (excluding diaryl/α,β-unsaturated/α-hetero) is 1.